The zero-order valence-corrected chi connectivity index (χ0v) is 11.7. The highest BCUT2D eigenvalue weighted by molar-refractivity contribution is 5.84. The molecule has 0 aliphatic carbocycles. The molecule has 20 heavy (non-hydrogen) atoms. The quantitative estimate of drug-likeness (QED) is 0.774. The molecule has 0 aromatic carbocycles. The Bertz CT molecular complexity index is 579. The molecule has 2 aliphatic heterocycles. The van der Waals surface area contributed by atoms with Crippen LogP contribution in [0.2, 0.25) is 0 Å². The number of likely N-dealkylation sites (tertiary alicyclic amines) is 1. The number of pyridine rings is 1. The monoisotopic (exact) mass is 270 g/mol. The van der Waals surface area contributed by atoms with Crippen LogP contribution in [0.1, 0.15) is 24.8 Å². The molecule has 1 atom stereocenters. The van der Waals surface area contributed by atoms with E-state index in [2.05, 4.69) is 16.0 Å². The molecule has 3 rings (SSSR count). The van der Waals surface area contributed by atoms with Gasteiger partial charge in [0, 0.05) is 32.9 Å². The molecular formula is C15H18N4O. The molecule has 1 unspecified atom stereocenters. The summed E-state index contributed by atoms with van der Waals surface area (Å²) >= 11 is 0. The van der Waals surface area contributed by atoms with Crippen molar-refractivity contribution in [2.75, 3.05) is 31.6 Å². The highest BCUT2D eigenvalue weighted by atomic mass is 16.2. The van der Waals surface area contributed by atoms with E-state index in [1.165, 1.54) is 0 Å². The average molecular weight is 270 g/mol. The Morgan fingerprint density at radius 1 is 1.40 bits per heavy atom. The van der Waals surface area contributed by atoms with Gasteiger partial charge in [0.1, 0.15) is 5.82 Å². The Kier molecular flexibility index (Phi) is 3.09. The molecule has 0 radical (unpaired) electrons. The summed E-state index contributed by atoms with van der Waals surface area (Å²) in [7, 11) is 1.89. The lowest BCUT2D eigenvalue weighted by Gasteiger charge is -2.37. The van der Waals surface area contributed by atoms with Crippen molar-refractivity contribution in [3.63, 3.8) is 0 Å². The smallest absolute Gasteiger partial charge is 0.230 e. The summed E-state index contributed by atoms with van der Waals surface area (Å²) in [6.07, 6.45) is 4.58. The van der Waals surface area contributed by atoms with Gasteiger partial charge in [-0.2, -0.15) is 5.26 Å². The zero-order valence-electron chi connectivity index (χ0n) is 11.7. The fourth-order valence-electron chi connectivity index (χ4n) is 3.38. The van der Waals surface area contributed by atoms with Crippen molar-refractivity contribution in [1.29, 1.82) is 5.26 Å². The molecule has 5 nitrogen and oxygen atoms in total. The molecule has 3 heterocycles. The van der Waals surface area contributed by atoms with Crippen molar-refractivity contribution in [2.24, 2.45) is 5.41 Å². The third-order valence-electron chi connectivity index (χ3n) is 4.50. The van der Waals surface area contributed by atoms with E-state index in [-0.39, 0.29) is 11.3 Å². The third kappa shape index (κ3) is 2.01. The first-order valence-corrected chi connectivity index (χ1v) is 7.01. The minimum Gasteiger partial charge on any atom is -0.355 e. The Labute approximate surface area is 118 Å². The van der Waals surface area contributed by atoms with Crippen molar-refractivity contribution < 1.29 is 4.79 Å². The second-order valence-corrected chi connectivity index (χ2v) is 5.80. The van der Waals surface area contributed by atoms with Crippen LogP contribution in [-0.4, -0.2) is 42.5 Å². The molecule has 0 N–H and O–H groups in total. The first-order chi connectivity index (χ1) is 9.64. The average Bonchev–Trinajstić information content (AvgIpc) is 2.90. The minimum absolute atomic E-state index is 0.239. The summed E-state index contributed by atoms with van der Waals surface area (Å²) in [6.45, 7) is 2.42. The first-order valence-electron chi connectivity index (χ1n) is 7.01. The standard InChI is InChI=1S/C15H18N4O/c1-18-7-2-4-15(14(18)20)5-8-19(11-15)13-9-12(10-16)3-6-17-13/h3,6,9H,2,4-5,7-8,11H2,1H3. The number of piperidine rings is 1. The van der Waals surface area contributed by atoms with E-state index < -0.39 is 0 Å². The van der Waals surface area contributed by atoms with Crippen LogP contribution in [0, 0.1) is 16.7 Å². The molecule has 2 fully saturated rings. The maximum atomic E-state index is 12.5. The van der Waals surface area contributed by atoms with Crippen molar-refractivity contribution in [1.82, 2.24) is 9.88 Å². The molecule has 0 saturated carbocycles. The van der Waals surface area contributed by atoms with Crippen LogP contribution in [0.4, 0.5) is 5.82 Å². The predicted octanol–water partition coefficient (Wildman–Crippen LogP) is 1.40. The molecule has 1 aromatic heterocycles. The number of carbonyl (C=O) groups is 1. The number of rotatable bonds is 1. The Morgan fingerprint density at radius 3 is 3.05 bits per heavy atom. The summed E-state index contributed by atoms with van der Waals surface area (Å²) in [6, 6.07) is 5.64. The van der Waals surface area contributed by atoms with Gasteiger partial charge >= 0.3 is 0 Å². The molecule has 1 spiro atoms. The summed E-state index contributed by atoms with van der Waals surface area (Å²) in [5, 5.41) is 8.97. The van der Waals surface area contributed by atoms with Gasteiger partial charge in [0.2, 0.25) is 5.91 Å². The zero-order chi connectivity index (χ0) is 14.2. The summed E-state index contributed by atoms with van der Waals surface area (Å²) in [5.74, 6) is 1.07. The van der Waals surface area contributed by atoms with Crippen LogP contribution in [0.25, 0.3) is 0 Å². The van der Waals surface area contributed by atoms with Crippen LogP contribution in [0.15, 0.2) is 18.3 Å². The lowest BCUT2D eigenvalue weighted by Crippen LogP contribution is -2.48. The second kappa shape index (κ2) is 4.78. The maximum Gasteiger partial charge on any atom is 0.230 e. The van der Waals surface area contributed by atoms with Gasteiger partial charge in [-0.05, 0) is 31.4 Å². The highest BCUT2D eigenvalue weighted by Gasteiger charge is 2.47. The SMILES string of the molecule is CN1CCCC2(CCN(c3cc(C#N)ccn3)C2)C1=O. The van der Waals surface area contributed by atoms with Crippen molar-refractivity contribution in [2.45, 2.75) is 19.3 Å². The summed E-state index contributed by atoms with van der Waals surface area (Å²) in [5.41, 5.74) is 0.375. The number of amides is 1. The molecule has 104 valence electrons. The van der Waals surface area contributed by atoms with E-state index in [0.717, 1.165) is 44.7 Å². The van der Waals surface area contributed by atoms with Crippen LogP contribution in [-0.2, 0) is 4.79 Å². The second-order valence-electron chi connectivity index (χ2n) is 5.80. The van der Waals surface area contributed by atoms with Gasteiger partial charge in [0.05, 0.1) is 17.0 Å². The van der Waals surface area contributed by atoms with E-state index >= 15 is 0 Å². The number of anilines is 1. The summed E-state index contributed by atoms with van der Waals surface area (Å²) in [4.78, 5) is 20.8. The van der Waals surface area contributed by atoms with Crippen molar-refractivity contribution >= 4 is 11.7 Å². The van der Waals surface area contributed by atoms with Crippen LogP contribution >= 0.6 is 0 Å². The Hall–Kier alpha value is -2.09. The van der Waals surface area contributed by atoms with Gasteiger partial charge in [0.15, 0.2) is 0 Å². The van der Waals surface area contributed by atoms with E-state index in [1.807, 2.05) is 11.9 Å². The lowest BCUT2D eigenvalue weighted by atomic mass is 9.78. The number of nitriles is 1. The van der Waals surface area contributed by atoms with Crippen LogP contribution in [0.5, 0.6) is 0 Å². The fraction of sp³-hybridized carbons (Fsp3) is 0.533. The van der Waals surface area contributed by atoms with Gasteiger partial charge in [-0.15, -0.1) is 0 Å². The van der Waals surface area contributed by atoms with E-state index in [1.54, 1.807) is 18.3 Å². The first kappa shape index (κ1) is 12.9. The lowest BCUT2D eigenvalue weighted by molar-refractivity contribution is -0.143. The van der Waals surface area contributed by atoms with Gasteiger partial charge in [-0.25, -0.2) is 4.98 Å². The van der Waals surface area contributed by atoms with E-state index in [4.69, 9.17) is 5.26 Å². The topological polar surface area (TPSA) is 60.2 Å². The number of hydrogen-bond acceptors (Lipinski definition) is 4. The van der Waals surface area contributed by atoms with Gasteiger partial charge in [-0.1, -0.05) is 0 Å². The Balaban J connectivity index is 1.82. The number of carbonyl (C=O) groups excluding carboxylic acids is 1. The molecular weight excluding hydrogens is 252 g/mol. The van der Waals surface area contributed by atoms with Crippen molar-refractivity contribution in [3.8, 4) is 6.07 Å². The number of hydrogen-bond donors (Lipinski definition) is 0. The van der Waals surface area contributed by atoms with Gasteiger partial charge in [0.25, 0.3) is 0 Å². The maximum absolute atomic E-state index is 12.5. The Morgan fingerprint density at radius 2 is 2.25 bits per heavy atom. The van der Waals surface area contributed by atoms with Crippen LogP contribution < -0.4 is 4.90 Å². The predicted molar refractivity (Wildman–Crippen MR) is 75.1 cm³/mol. The normalized spacial score (nSPS) is 26.1. The molecule has 0 bridgehead atoms. The molecule has 5 heteroatoms. The highest BCUT2D eigenvalue weighted by Crippen LogP contribution is 2.40. The van der Waals surface area contributed by atoms with E-state index in [9.17, 15) is 4.79 Å². The van der Waals surface area contributed by atoms with Gasteiger partial charge < -0.3 is 9.80 Å². The van der Waals surface area contributed by atoms with Crippen molar-refractivity contribution in [3.05, 3.63) is 23.9 Å². The molecule has 2 saturated heterocycles. The molecule has 1 amide bonds. The van der Waals surface area contributed by atoms with Crippen LogP contribution in [0.3, 0.4) is 0 Å². The third-order valence-corrected chi connectivity index (χ3v) is 4.50. The summed E-state index contributed by atoms with van der Waals surface area (Å²) < 4.78 is 0. The molecule has 2 aliphatic rings. The number of aromatic nitrogens is 1. The van der Waals surface area contributed by atoms with Gasteiger partial charge in [-0.3, -0.25) is 4.79 Å². The largest absolute Gasteiger partial charge is 0.355 e. The molecule has 1 aromatic rings. The fourth-order valence-corrected chi connectivity index (χ4v) is 3.38. The minimum atomic E-state index is -0.239. The number of nitrogens with zero attached hydrogens (tertiary/aromatic N) is 4. The van der Waals surface area contributed by atoms with E-state index in [0.29, 0.717) is 5.56 Å².